The Hall–Kier alpha value is -1.72. The molecular weight excluding hydrogens is 315 g/mol. The molecule has 0 aliphatic rings. The molecule has 0 N–H and O–H groups in total. The molecule has 2 rings (SSSR count). The molecule has 0 aromatic heterocycles. The number of rotatable bonds is 5. The van der Waals surface area contributed by atoms with Gasteiger partial charge in [0.2, 0.25) is 0 Å². The fourth-order valence-corrected chi connectivity index (χ4v) is 3.19. The second-order valence-electron chi connectivity index (χ2n) is 4.55. The lowest BCUT2D eigenvalue weighted by Crippen LogP contribution is -2.18. The Labute approximate surface area is 127 Å². The van der Waals surface area contributed by atoms with E-state index in [4.69, 9.17) is 11.6 Å². The molecule has 0 saturated carbocycles. The van der Waals surface area contributed by atoms with Crippen LogP contribution < -0.4 is 0 Å². The number of carbonyl (C=O) groups excluding carboxylic acids is 1. The van der Waals surface area contributed by atoms with Crippen LogP contribution >= 0.6 is 11.6 Å². The van der Waals surface area contributed by atoms with E-state index < -0.39 is 27.2 Å². The molecule has 0 spiro atoms. The smallest absolute Gasteiger partial charge is 0.185 e. The van der Waals surface area contributed by atoms with Gasteiger partial charge >= 0.3 is 0 Å². The quantitative estimate of drug-likeness (QED) is 0.848. The summed E-state index contributed by atoms with van der Waals surface area (Å²) in [6.07, 6.45) is -0.0485. The summed E-state index contributed by atoms with van der Waals surface area (Å²) < 4.78 is 36.9. The van der Waals surface area contributed by atoms with Crippen LogP contribution in [0.4, 0.5) is 4.39 Å². The van der Waals surface area contributed by atoms with Crippen LogP contribution in [0.3, 0.4) is 0 Å². The lowest BCUT2D eigenvalue weighted by Gasteiger charge is -2.04. The van der Waals surface area contributed by atoms with Gasteiger partial charge < -0.3 is 0 Å². The number of sulfone groups is 1. The summed E-state index contributed by atoms with van der Waals surface area (Å²) in [4.78, 5) is 11.9. The first-order valence-corrected chi connectivity index (χ1v) is 8.14. The molecule has 0 fully saturated rings. The van der Waals surface area contributed by atoms with Gasteiger partial charge in [-0.1, -0.05) is 23.7 Å². The third kappa shape index (κ3) is 4.37. The molecule has 0 aliphatic heterocycles. The molecule has 0 unspecified atom stereocenters. The molecular formula is C15H12ClFO3S. The molecule has 0 radical (unpaired) electrons. The number of carbonyl (C=O) groups is 1. The van der Waals surface area contributed by atoms with Crippen molar-refractivity contribution >= 4 is 27.2 Å². The van der Waals surface area contributed by atoms with Gasteiger partial charge in [0.15, 0.2) is 15.6 Å². The highest BCUT2D eigenvalue weighted by Gasteiger charge is 2.19. The van der Waals surface area contributed by atoms with Crippen LogP contribution in [-0.2, 0) is 21.1 Å². The second kappa shape index (κ2) is 6.37. The predicted molar refractivity (Wildman–Crippen MR) is 78.6 cm³/mol. The van der Waals surface area contributed by atoms with Crippen LogP contribution in [-0.4, -0.2) is 20.0 Å². The fraction of sp³-hybridized carbons (Fsp3) is 0.133. The zero-order valence-electron chi connectivity index (χ0n) is 10.9. The van der Waals surface area contributed by atoms with Crippen molar-refractivity contribution < 1.29 is 17.6 Å². The minimum absolute atomic E-state index is 0.0485. The Balaban J connectivity index is 2.07. The van der Waals surface area contributed by atoms with Crippen LogP contribution in [0.5, 0.6) is 0 Å². The third-order valence-corrected chi connectivity index (χ3v) is 4.78. The van der Waals surface area contributed by atoms with Crippen LogP contribution in [0.2, 0.25) is 5.02 Å². The molecule has 0 heterocycles. The molecule has 0 saturated heterocycles. The lowest BCUT2D eigenvalue weighted by molar-refractivity contribution is -0.116. The summed E-state index contributed by atoms with van der Waals surface area (Å²) in [5.74, 6) is -1.44. The van der Waals surface area contributed by atoms with Crippen molar-refractivity contribution in [3.63, 3.8) is 0 Å². The van der Waals surface area contributed by atoms with Crippen molar-refractivity contribution in [3.05, 3.63) is 64.9 Å². The molecule has 2 aromatic rings. The number of halogens is 2. The molecule has 0 bridgehead atoms. The first kappa shape index (κ1) is 15.7. The van der Waals surface area contributed by atoms with Gasteiger partial charge in [-0.05, 0) is 42.0 Å². The maximum Gasteiger partial charge on any atom is 0.185 e. The Morgan fingerprint density at radius 3 is 2.14 bits per heavy atom. The summed E-state index contributed by atoms with van der Waals surface area (Å²) in [5, 5.41) is 0.423. The van der Waals surface area contributed by atoms with E-state index in [1.165, 1.54) is 48.5 Å². The van der Waals surface area contributed by atoms with Gasteiger partial charge in [0.05, 0.1) is 4.90 Å². The number of ketones is 1. The fourth-order valence-electron chi connectivity index (χ4n) is 1.82. The van der Waals surface area contributed by atoms with Gasteiger partial charge in [-0.2, -0.15) is 0 Å². The Bertz CT molecular complexity index is 737. The summed E-state index contributed by atoms with van der Waals surface area (Å²) in [6, 6.07) is 11.0. The summed E-state index contributed by atoms with van der Waals surface area (Å²) in [7, 11) is -3.69. The van der Waals surface area contributed by atoms with E-state index in [1.807, 2.05) is 0 Å². The largest absolute Gasteiger partial charge is 0.298 e. The van der Waals surface area contributed by atoms with Gasteiger partial charge in [-0.15, -0.1) is 0 Å². The van der Waals surface area contributed by atoms with Crippen LogP contribution in [0.1, 0.15) is 5.56 Å². The monoisotopic (exact) mass is 326 g/mol. The Morgan fingerprint density at radius 2 is 1.57 bits per heavy atom. The van der Waals surface area contributed by atoms with Crippen molar-refractivity contribution in [2.45, 2.75) is 11.3 Å². The van der Waals surface area contributed by atoms with Crippen molar-refractivity contribution in [2.24, 2.45) is 0 Å². The highest BCUT2D eigenvalue weighted by molar-refractivity contribution is 7.92. The SMILES string of the molecule is O=C(Cc1ccc(F)cc1)CS(=O)(=O)c1ccc(Cl)cc1. The van der Waals surface area contributed by atoms with Gasteiger partial charge in [-0.25, -0.2) is 12.8 Å². The number of benzene rings is 2. The molecule has 0 amide bonds. The van der Waals surface area contributed by atoms with E-state index in [9.17, 15) is 17.6 Å². The second-order valence-corrected chi connectivity index (χ2v) is 6.98. The molecule has 0 aliphatic carbocycles. The molecule has 6 heteroatoms. The first-order valence-electron chi connectivity index (χ1n) is 6.11. The van der Waals surface area contributed by atoms with Gasteiger partial charge in [0.25, 0.3) is 0 Å². The van der Waals surface area contributed by atoms with Crippen molar-refractivity contribution in [1.82, 2.24) is 0 Å². The van der Waals surface area contributed by atoms with Crippen molar-refractivity contribution in [2.75, 3.05) is 5.75 Å². The molecule has 0 atom stereocenters. The zero-order chi connectivity index (χ0) is 15.5. The molecule has 2 aromatic carbocycles. The van der Waals surface area contributed by atoms with Gasteiger partial charge in [-0.3, -0.25) is 4.79 Å². The topological polar surface area (TPSA) is 51.2 Å². The summed E-state index contributed by atoms with van der Waals surface area (Å²) in [5.41, 5.74) is 0.577. The molecule has 21 heavy (non-hydrogen) atoms. The highest BCUT2D eigenvalue weighted by Crippen LogP contribution is 2.16. The number of hydrogen-bond donors (Lipinski definition) is 0. The average Bonchev–Trinajstić information content (AvgIpc) is 2.41. The summed E-state index contributed by atoms with van der Waals surface area (Å²) >= 11 is 5.70. The van der Waals surface area contributed by atoms with E-state index in [1.54, 1.807) is 0 Å². The normalized spacial score (nSPS) is 11.3. The Morgan fingerprint density at radius 1 is 1.00 bits per heavy atom. The van der Waals surface area contributed by atoms with Gasteiger partial charge in [0.1, 0.15) is 11.6 Å². The van der Waals surface area contributed by atoms with E-state index in [-0.39, 0.29) is 11.3 Å². The van der Waals surface area contributed by atoms with Crippen molar-refractivity contribution in [1.29, 1.82) is 0 Å². The number of hydrogen-bond acceptors (Lipinski definition) is 3. The first-order chi connectivity index (χ1) is 9.87. The minimum atomic E-state index is -3.69. The third-order valence-electron chi connectivity index (χ3n) is 2.84. The molecule has 110 valence electrons. The highest BCUT2D eigenvalue weighted by atomic mass is 35.5. The number of Topliss-reactive ketones (excluding diaryl/α,β-unsaturated/α-hetero) is 1. The van der Waals surface area contributed by atoms with E-state index >= 15 is 0 Å². The maximum atomic E-state index is 12.8. The van der Waals surface area contributed by atoms with Crippen molar-refractivity contribution in [3.8, 4) is 0 Å². The molecule has 3 nitrogen and oxygen atoms in total. The summed E-state index contributed by atoms with van der Waals surface area (Å²) in [6.45, 7) is 0. The lowest BCUT2D eigenvalue weighted by atomic mass is 10.1. The minimum Gasteiger partial charge on any atom is -0.298 e. The predicted octanol–water partition coefficient (Wildman–Crippen LogP) is 3.06. The van der Waals surface area contributed by atoms with Crippen LogP contribution in [0.15, 0.2) is 53.4 Å². The zero-order valence-corrected chi connectivity index (χ0v) is 12.5. The van der Waals surface area contributed by atoms with E-state index in [0.29, 0.717) is 10.6 Å². The average molecular weight is 327 g/mol. The van der Waals surface area contributed by atoms with Gasteiger partial charge in [0, 0.05) is 11.4 Å². The van der Waals surface area contributed by atoms with Crippen LogP contribution in [0.25, 0.3) is 0 Å². The van der Waals surface area contributed by atoms with Crippen LogP contribution in [0, 0.1) is 5.82 Å². The van der Waals surface area contributed by atoms with E-state index in [2.05, 4.69) is 0 Å². The Kier molecular flexibility index (Phi) is 4.75. The van der Waals surface area contributed by atoms with E-state index in [0.717, 1.165) is 0 Å². The standard InChI is InChI=1S/C15H12ClFO3S/c16-12-3-7-15(8-4-12)21(19,20)10-14(18)9-11-1-5-13(17)6-2-11/h1-8H,9-10H2. The maximum absolute atomic E-state index is 12.8.